The van der Waals surface area contributed by atoms with Crippen LogP contribution in [0.3, 0.4) is 0 Å². The van der Waals surface area contributed by atoms with Crippen molar-refractivity contribution < 1.29 is 29.7 Å². The van der Waals surface area contributed by atoms with Crippen molar-refractivity contribution in [1.29, 1.82) is 0 Å². The van der Waals surface area contributed by atoms with Crippen LogP contribution in [-0.2, 0) is 14.4 Å². The van der Waals surface area contributed by atoms with E-state index in [1.54, 1.807) is 26.8 Å². The quantitative estimate of drug-likeness (QED) is 0.243. The molecule has 3 N–H and O–H groups in total. The Balaban J connectivity index is 1.88. The summed E-state index contributed by atoms with van der Waals surface area (Å²) in [7, 11) is 0. The summed E-state index contributed by atoms with van der Waals surface area (Å²) < 4.78 is 0. The van der Waals surface area contributed by atoms with Crippen molar-refractivity contribution in [2.75, 3.05) is 0 Å². The number of fused-ring (bicyclic) bond motifs is 2. The summed E-state index contributed by atoms with van der Waals surface area (Å²) in [6.07, 6.45) is 6.92. The van der Waals surface area contributed by atoms with Gasteiger partial charge in [0.25, 0.3) is 0 Å². The fourth-order valence-corrected chi connectivity index (χ4v) is 7.95. The second kappa shape index (κ2) is 10.2. The third-order valence-corrected chi connectivity index (χ3v) is 10.0. The summed E-state index contributed by atoms with van der Waals surface area (Å²) >= 11 is 0. The van der Waals surface area contributed by atoms with Gasteiger partial charge >= 0.3 is 17.9 Å². The number of carboxylic acids is 3. The lowest BCUT2D eigenvalue weighted by Crippen LogP contribution is -2.48. The Morgan fingerprint density at radius 2 is 1.81 bits per heavy atom. The molecular weight excluding hydrogens is 456 g/mol. The SMILES string of the molecule is C=C1[C@H]2CC3=C(C2CC[C@@H]1[C@H](C)CC/C=C(/C)C(=O)O)[C@@H](C)C[C@@H](C(C)(C)C(=O)O)[C@]3(C)CC(=O)O. The van der Waals surface area contributed by atoms with Crippen LogP contribution in [0.4, 0.5) is 0 Å². The second-order valence-electron chi connectivity index (χ2n) is 12.6. The van der Waals surface area contributed by atoms with Crippen molar-refractivity contribution in [3.8, 4) is 0 Å². The van der Waals surface area contributed by atoms with Crippen LogP contribution in [0.1, 0.15) is 86.5 Å². The molecule has 0 radical (unpaired) electrons. The maximum atomic E-state index is 12.3. The third-order valence-electron chi connectivity index (χ3n) is 10.0. The van der Waals surface area contributed by atoms with Crippen LogP contribution in [0.15, 0.2) is 34.9 Å². The Kier molecular flexibility index (Phi) is 7.98. The first kappa shape index (κ1) is 28.2. The summed E-state index contributed by atoms with van der Waals surface area (Å²) in [5.41, 5.74) is 2.46. The minimum atomic E-state index is -1.03. The molecule has 1 fully saturated rings. The Hall–Kier alpha value is -2.37. The topological polar surface area (TPSA) is 112 Å². The van der Waals surface area contributed by atoms with Gasteiger partial charge in [-0.15, -0.1) is 0 Å². The molecule has 0 aromatic rings. The summed E-state index contributed by atoms with van der Waals surface area (Å²) in [5, 5.41) is 29.0. The molecule has 0 aromatic heterocycles. The lowest BCUT2D eigenvalue weighted by atomic mass is 9.53. The smallest absolute Gasteiger partial charge is 0.330 e. The summed E-state index contributed by atoms with van der Waals surface area (Å²) in [5.74, 6) is -1.29. The van der Waals surface area contributed by atoms with E-state index < -0.39 is 28.7 Å². The molecule has 3 aliphatic rings. The molecule has 200 valence electrons. The first-order valence-electron chi connectivity index (χ1n) is 13.4. The average molecular weight is 501 g/mol. The Morgan fingerprint density at radius 1 is 1.17 bits per heavy atom. The van der Waals surface area contributed by atoms with Gasteiger partial charge in [-0.2, -0.15) is 0 Å². The van der Waals surface area contributed by atoms with Crippen LogP contribution in [0.5, 0.6) is 0 Å². The third kappa shape index (κ3) is 4.92. The molecule has 6 nitrogen and oxygen atoms in total. The number of carbonyl (C=O) groups is 3. The van der Waals surface area contributed by atoms with Crippen molar-refractivity contribution in [3.63, 3.8) is 0 Å². The van der Waals surface area contributed by atoms with E-state index in [9.17, 15) is 24.6 Å². The normalized spacial score (nSPS) is 33.7. The van der Waals surface area contributed by atoms with Crippen molar-refractivity contribution in [3.05, 3.63) is 34.9 Å². The molecule has 0 aliphatic heterocycles. The fraction of sp³-hybridized carbons (Fsp3) is 0.700. The van der Waals surface area contributed by atoms with E-state index in [1.165, 1.54) is 16.7 Å². The highest BCUT2D eigenvalue weighted by Gasteiger charge is 2.58. The number of hydrogen-bond donors (Lipinski definition) is 3. The van der Waals surface area contributed by atoms with Crippen LogP contribution < -0.4 is 0 Å². The Bertz CT molecular complexity index is 1000. The molecule has 3 aliphatic carbocycles. The van der Waals surface area contributed by atoms with E-state index in [0.717, 1.165) is 32.1 Å². The molecule has 0 amide bonds. The van der Waals surface area contributed by atoms with Gasteiger partial charge in [-0.25, -0.2) is 4.79 Å². The van der Waals surface area contributed by atoms with Crippen molar-refractivity contribution in [1.82, 2.24) is 0 Å². The van der Waals surface area contributed by atoms with Gasteiger partial charge in [0.15, 0.2) is 0 Å². The second-order valence-corrected chi connectivity index (χ2v) is 12.6. The van der Waals surface area contributed by atoms with Gasteiger partial charge in [0, 0.05) is 11.0 Å². The lowest BCUT2D eigenvalue weighted by Gasteiger charge is -2.50. The molecule has 0 heterocycles. The van der Waals surface area contributed by atoms with Crippen LogP contribution >= 0.6 is 0 Å². The molecule has 3 rings (SSSR count). The van der Waals surface area contributed by atoms with E-state index in [2.05, 4.69) is 20.4 Å². The molecule has 0 spiro atoms. The van der Waals surface area contributed by atoms with E-state index in [4.69, 9.17) is 5.11 Å². The van der Waals surface area contributed by atoms with Crippen LogP contribution in [-0.4, -0.2) is 33.2 Å². The highest BCUT2D eigenvalue weighted by Crippen LogP contribution is 2.65. The minimum absolute atomic E-state index is 0.0546. The fourth-order valence-electron chi connectivity index (χ4n) is 7.95. The predicted molar refractivity (Wildman–Crippen MR) is 139 cm³/mol. The standard InChI is InChI=1S/C30H44O6/c1-16(9-8-10-17(2)27(33)34)20-11-12-21-22(19(20)4)14-23-26(21)18(3)13-24(29(5,6)28(35)36)30(23,7)15-25(31)32/h10,16,18,20-22,24H,4,8-9,11-15H2,1-3,5-7H3,(H,31,32)(H,33,34)(H,35,36)/b17-10-/t16-,18+,20-,21?,22-,24+,30-/m1/s1. The number of aliphatic carboxylic acids is 3. The highest BCUT2D eigenvalue weighted by molar-refractivity contribution is 5.85. The molecule has 0 saturated heterocycles. The molecule has 6 heteroatoms. The van der Waals surface area contributed by atoms with E-state index in [0.29, 0.717) is 29.7 Å². The van der Waals surface area contributed by atoms with Gasteiger partial charge in [0.2, 0.25) is 0 Å². The first-order valence-corrected chi connectivity index (χ1v) is 13.4. The summed E-state index contributed by atoms with van der Waals surface area (Å²) in [6.45, 7) is 16.1. The number of hydrogen-bond acceptors (Lipinski definition) is 3. The average Bonchev–Trinajstić information content (AvgIpc) is 3.17. The van der Waals surface area contributed by atoms with Crippen molar-refractivity contribution in [2.45, 2.75) is 86.5 Å². The van der Waals surface area contributed by atoms with Crippen molar-refractivity contribution >= 4 is 17.9 Å². The predicted octanol–water partition coefficient (Wildman–Crippen LogP) is 6.58. The largest absolute Gasteiger partial charge is 0.481 e. The zero-order valence-corrected chi connectivity index (χ0v) is 22.8. The Morgan fingerprint density at radius 3 is 2.36 bits per heavy atom. The van der Waals surface area contributed by atoms with Gasteiger partial charge in [-0.05, 0) is 94.8 Å². The van der Waals surface area contributed by atoms with Crippen LogP contribution in [0.25, 0.3) is 0 Å². The molecule has 0 aromatic carbocycles. The Labute approximate surface area is 215 Å². The molecule has 7 atom stereocenters. The van der Waals surface area contributed by atoms with E-state index >= 15 is 0 Å². The number of carboxylic acid groups (broad SMARTS) is 3. The van der Waals surface area contributed by atoms with E-state index in [-0.39, 0.29) is 24.2 Å². The first-order chi connectivity index (χ1) is 16.6. The van der Waals surface area contributed by atoms with Gasteiger partial charge in [-0.1, -0.05) is 50.1 Å². The van der Waals surface area contributed by atoms with Gasteiger partial charge in [0.05, 0.1) is 11.8 Å². The van der Waals surface area contributed by atoms with Crippen LogP contribution in [0, 0.1) is 46.3 Å². The van der Waals surface area contributed by atoms with Crippen LogP contribution in [0.2, 0.25) is 0 Å². The molecule has 36 heavy (non-hydrogen) atoms. The summed E-state index contributed by atoms with van der Waals surface area (Å²) in [6, 6.07) is 0. The monoisotopic (exact) mass is 500 g/mol. The van der Waals surface area contributed by atoms with Crippen molar-refractivity contribution in [2.24, 2.45) is 46.3 Å². The highest BCUT2D eigenvalue weighted by atomic mass is 16.4. The van der Waals surface area contributed by atoms with Gasteiger partial charge in [0.1, 0.15) is 0 Å². The molecule has 1 saturated carbocycles. The van der Waals surface area contributed by atoms with Gasteiger partial charge < -0.3 is 15.3 Å². The summed E-state index contributed by atoms with van der Waals surface area (Å²) in [4.78, 5) is 35.4. The number of allylic oxidation sites excluding steroid dienone is 4. The van der Waals surface area contributed by atoms with Gasteiger partial charge in [-0.3, -0.25) is 9.59 Å². The maximum absolute atomic E-state index is 12.3. The molecular formula is C30H44O6. The minimum Gasteiger partial charge on any atom is -0.481 e. The van der Waals surface area contributed by atoms with E-state index in [1.807, 2.05) is 6.92 Å². The zero-order valence-electron chi connectivity index (χ0n) is 22.8. The molecule has 1 unspecified atom stereocenters. The number of rotatable bonds is 9. The maximum Gasteiger partial charge on any atom is 0.330 e. The lowest BCUT2D eigenvalue weighted by molar-refractivity contribution is -0.156. The zero-order chi connectivity index (χ0) is 27.2. The molecule has 0 bridgehead atoms.